The molecule has 0 amide bonds. The molecule has 0 atom stereocenters. The summed E-state index contributed by atoms with van der Waals surface area (Å²) in [4.78, 5) is 9.18. The molecule has 2 aromatic heterocycles. The minimum atomic E-state index is -4.82. The highest BCUT2D eigenvalue weighted by atomic mass is 32.2. The van der Waals surface area contributed by atoms with Crippen LogP contribution in [0, 0.1) is 0 Å². The van der Waals surface area contributed by atoms with Gasteiger partial charge in [-0.3, -0.25) is 4.55 Å². The lowest BCUT2D eigenvalue weighted by molar-refractivity contribution is 0.216. The number of carbonyl (C=O) groups is 1. The molecule has 102 valence electrons. The molecular formula is C9H10N4O5S. The number of hydrogen-bond donors (Lipinski definition) is 2. The lowest BCUT2D eigenvalue weighted by Gasteiger charge is -1.78. The predicted molar refractivity (Wildman–Crippen MR) is 63.6 cm³/mol. The Morgan fingerprint density at radius 2 is 1.00 bits per heavy atom. The molecule has 9 nitrogen and oxygen atoms in total. The van der Waals surface area contributed by atoms with E-state index in [0.29, 0.717) is 0 Å². The number of carboxylic acid groups (broad SMARTS) is 1. The molecule has 0 bridgehead atoms. The lowest BCUT2D eigenvalue weighted by Crippen LogP contribution is -2.08. The van der Waals surface area contributed by atoms with Gasteiger partial charge in [0, 0.05) is 24.8 Å². The van der Waals surface area contributed by atoms with Crippen LogP contribution in [0.15, 0.2) is 49.1 Å². The topological polar surface area (TPSA) is 143 Å². The molecule has 0 aliphatic rings. The molecule has 2 heterocycles. The Bertz CT molecular complexity index is 464. The van der Waals surface area contributed by atoms with E-state index in [1.54, 1.807) is 24.8 Å². The molecular weight excluding hydrogens is 276 g/mol. The standard InChI is InChI=1S/2C4H4N2.CH2O5S/c2*1-2-4-6-5-3-1;2-1(3)7(4,5)6/h2*1-4H;(H,2,3)(H,4,5,6). The van der Waals surface area contributed by atoms with Gasteiger partial charge < -0.3 is 5.11 Å². The van der Waals surface area contributed by atoms with Gasteiger partial charge in [-0.2, -0.15) is 28.8 Å². The molecule has 0 saturated carbocycles. The van der Waals surface area contributed by atoms with Crippen molar-refractivity contribution in [1.82, 2.24) is 20.4 Å². The summed E-state index contributed by atoms with van der Waals surface area (Å²) in [5.41, 5.74) is 0. The van der Waals surface area contributed by atoms with Gasteiger partial charge in [0.15, 0.2) is 0 Å². The maximum Gasteiger partial charge on any atom is 0.449 e. The number of rotatable bonds is 0. The van der Waals surface area contributed by atoms with Crippen molar-refractivity contribution in [2.24, 2.45) is 0 Å². The van der Waals surface area contributed by atoms with Crippen LogP contribution >= 0.6 is 0 Å². The van der Waals surface area contributed by atoms with E-state index in [1.807, 2.05) is 24.3 Å². The van der Waals surface area contributed by atoms with Gasteiger partial charge in [0.05, 0.1) is 0 Å². The summed E-state index contributed by atoms with van der Waals surface area (Å²) in [7, 11) is -4.82. The third kappa shape index (κ3) is 11.8. The number of nitrogens with zero attached hydrogens (tertiary/aromatic N) is 4. The van der Waals surface area contributed by atoms with E-state index >= 15 is 0 Å². The van der Waals surface area contributed by atoms with Gasteiger partial charge in [-0.25, -0.2) is 4.79 Å². The largest absolute Gasteiger partial charge is 0.468 e. The summed E-state index contributed by atoms with van der Waals surface area (Å²) >= 11 is 0. The van der Waals surface area contributed by atoms with Gasteiger partial charge in [-0.15, -0.1) is 0 Å². The Balaban J connectivity index is 0.000000256. The van der Waals surface area contributed by atoms with Crippen molar-refractivity contribution in [2.45, 2.75) is 0 Å². The summed E-state index contributed by atoms with van der Waals surface area (Å²) in [6.45, 7) is 0. The average Bonchev–Trinajstić information content (AvgIpc) is 2.43. The molecule has 0 fully saturated rings. The summed E-state index contributed by atoms with van der Waals surface area (Å²) in [5.74, 6) is 0. The second kappa shape index (κ2) is 9.56. The zero-order chi connectivity index (χ0) is 14.6. The van der Waals surface area contributed by atoms with Crippen LogP contribution in [0.4, 0.5) is 4.79 Å². The summed E-state index contributed by atoms with van der Waals surface area (Å²) in [6.07, 6.45) is 6.56. The average molecular weight is 286 g/mol. The Labute approximate surface area is 108 Å². The molecule has 0 saturated heterocycles. The third-order valence-electron chi connectivity index (χ3n) is 1.19. The lowest BCUT2D eigenvalue weighted by atomic mass is 10.6. The quantitative estimate of drug-likeness (QED) is 0.661. The van der Waals surface area contributed by atoms with Gasteiger partial charge in [0.2, 0.25) is 0 Å². The molecule has 0 unspecified atom stereocenters. The van der Waals surface area contributed by atoms with Gasteiger partial charge in [0.25, 0.3) is 0 Å². The first-order valence-corrected chi connectivity index (χ1v) is 6.02. The molecule has 19 heavy (non-hydrogen) atoms. The van der Waals surface area contributed by atoms with Crippen LogP contribution in [0.3, 0.4) is 0 Å². The van der Waals surface area contributed by atoms with Crippen LogP contribution < -0.4 is 0 Å². The van der Waals surface area contributed by atoms with Crippen molar-refractivity contribution in [3.05, 3.63) is 49.1 Å². The van der Waals surface area contributed by atoms with Gasteiger partial charge in [-0.1, -0.05) is 0 Å². The molecule has 0 aliphatic heterocycles. The van der Waals surface area contributed by atoms with Crippen LogP contribution in [-0.2, 0) is 10.1 Å². The minimum Gasteiger partial charge on any atom is -0.468 e. The highest BCUT2D eigenvalue weighted by Crippen LogP contribution is 1.79. The Morgan fingerprint density at radius 3 is 1.05 bits per heavy atom. The van der Waals surface area contributed by atoms with Gasteiger partial charge in [0.1, 0.15) is 0 Å². The molecule has 0 aromatic carbocycles. The van der Waals surface area contributed by atoms with E-state index in [-0.39, 0.29) is 0 Å². The summed E-state index contributed by atoms with van der Waals surface area (Å²) < 4.78 is 26.0. The second-order valence-corrected chi connectivity index (χ2v) is 3.87. The number of hydrogen-bond acceptors (Lipinski definition) is 7. The zero-order valence-corrected chi connectivity index (χ0v) is 10.3. The van der Waals surface area contributed by atoms with Crippen LogP contribution in [0.5, 0.6) is 0 Å². The second-order valence-electron chi connectivity index (χ2n) is 2.57. The molecule has 2 rings (SSSR count). The fourth-order valence-electron chi connectivity index (χ4n) is 0.507. The first-order chi connectivity index (χ1) is 8.94. The van der Waals surface area contributed by atoms with Gasteiger partial charge >= 0.3 is 15.4 Å². The first kappa shape index (κ1) is 16.5. The summed E-state index contributed by atoms with van der Waals surface area (Å²) in [5, 5.41) is 19.3. The normalized spacial score (nSPS) is 9.11. The van der Waals surface area contributed by atoms with E-state index in [0.717, 1.165) is 0 Å². The molecule has 0 spiro atoms. The van der Waals surface area contributed by atoms with Crippen molar-refractivity contribution in [3.8, 4) is 0 Å². The Morgan fingerprint density at radius 1 is 0.789 bits per heavy atom. The smallest absolute Gasteiger partial charge is 0.449 e. The maximum absolute atomic E-state index is 9.29. The molecule has 0 aliphatic carbocycles. The first-order valence-electron chi connectivity index (χ1n) is 4.58. The SMILES string of the molecule is O=C(O)S(=O)(=O)O.c1ccnnc1.c1ccnnc1. The number of aromatic nitrogens is 4. The molecule has 10 heteroatoms. The van der Waals surface area contributed by atoms with Crippen molar-refractivity contribution in [3.63, 3.8) is 0 Å². The van der Waals surface area contributed by atoms with E-state index in [2.05, 4.69) is 20.4 Å². The van der Waals surface area contributed by atoms with Crippen molar-refractivity contribution in [1.29, 1.82) is 0 Å². The van der Waals surface area contributed by atoms with Crippen LogP contribution in [-0.4, -0.2) is 43.8 Å². The Hall–Kier alpha value is -2.46. The predicted octanol–water partition coefficient (Wildman–Crippen LogP) is 0.505. The highest BCUT2D eigenvalue weighted by molar-refractivity contribution is 8.00. The zero-order valence-electron chi connectivity index (χ0n) is 9.44. The Kier molecular flexibility index (Phi) is 8.32. The molecule has 0 radical (unpaired) electrons. The summed E-state index contributed by atoms with van der Waals surface area (Å²) in [6, 6.07) is 7.31. The van der Waals surface area contributed by atoms with Gasteiger partial charge in [-0.05, 0) is 24.3 Å². The maximum atomic E-state index is 9.29. The fraction of sp³-hybridized carbons (Fsp3) is 0. The van der Waals surface area contributed by atoms with Crippen LogP contribution in [0.1, 0.15) is 0 Å². The minimum absolute atomic E-state index is 1.64. The van der Waals surface area contributed by atoms with E-state index in [1.165, 1.54) is 0 Å². The van der Waals surface area contributed by atoms with E-state index < -0.39 is 15.4 Å². The van der Waals surface area contributed by atoms with Crippen LogP contribution in [0.2, 0.25) is 0 Å². The van der Waals surface area contributed by atoms with E-state index in [9.17, 15) is 13.2 Å². The van der Waals surface area contributed by atoms with Crippen LogP contribution in [0.25, 0.3) is 0 Å². The fourth-order valence-corrected chi connectivity index (χ4v) is 0.507. The van der Waals surface area contributed by atoms with Crippen molar-refractivity contribution in [2.75, 3.05) is 0 Å². The van der Waals surface area contributed by atoms with Crippen molar-refractivity contribution >= 4 is 15.4 Å². The molecule has 2 N–H and O–H groups in total. The van der Waals surface area contributed by atoms with Crippen molar-refractivity contribution < 1.29 is 22.9 Å². The van der Waals surface area contributed by atoms with E-state index in [4.69, 9.17) is 9.66 Å². The monoisotopic (exact) mass is 286 g/mol. The highest BCUT2D eigenvalue weighted by Gasteiger charge is 2.14. The third-order valence-corrected chi connectivity index (χ3v) is 1.63. The molecule has 2 aromatic rings.